The predicted molar refractivity (Wildman–Crippen MR) is 87.4 cm³/mol. The molecule has 1 amide bonds. The third kappa shape index (κ3) is 3.77. The Morgan fingerprint density at radius 3 is 2.57 bits per heavy atom. The van der Waals surface area contributed by atoms with Crippen LogP contribution in [0.2, 0.25) is 0 Å². The Labute approximate surface area is 136 Å². The highest BCUT2D eigenvalue weighted by atomic mass is 79.9. The van der Waals surface area contributed by atoms with Gasteiger partial charge in [0.05, 0.1) is 22.9 Å². The first kappa shape index (κ1) is 15.9. The van der Waals surface area contributed by atoms with E-state index in [-0.39, 0.29) is 5.91 Å². The van der Waals surface area contributed by atoms with Crippen LogP contribution < -0.4 is 9.47 Å². The summed E-state index contributed by atoms with van der Waals surface area (Å²) in [7, 11) is 4.99. The lowest BCUT2D eigenvalue weighted by Gasteiger charge is -2.18. The van der Waals surface area contributed by atoms with E-state index in [0.29, 0.717) is 17.2 Å². The first-order valence-corrected chi connectivity index (χ1v) is 7.87. The molecule has 0 bridgehead atoms. The molecule has 0 fully saturated rings. The highest BCUT2D eigenvalue weighted by molar-refractivity contribution is 9.11. The summed E-state index contributed by atoms with van der Waals surface area (Å²) in [6.45, 7) is 0.474. The number of thiophene rings is 1. The van der Waals surface area contributed by atoms with Crippen molar-refractivity contribution in [2.45, 2.75) is 6.54 Å². The van der Waals surface area contributed by atoms with Crippen molar-refractivity contribution in [1.29, 1.82) is 0 Å². The highest BCUT2D eigenvalue weighted by Crippen LogP contribution is 2.27. The van der Waals surface area contributed by atoms with Gasteiger partial charge >= 0.3 is 0 Å². The summed E-state index contributed by atoms with van der Waals surface area (Å²) in [6.07, 6.45) is 0. The molecule has 0 atom stereocenters. The standard InChI is InChI=1S/C15H16BrNO3S/c1-17(15(18)13-6-7-14(16)21-13)9-10-4-5-11(19-2)8-12(10)20-3/h4-8H,9H2,1-3H3. The van der Waals surface area contributed by atoms with E-state index in [2.05, 4.69) is 15.9 Å². The molecule has 6 heteroatoms. The summed E-state index contributed by atoms with van der Waals surface area (Å²) in [6, 6.07) is 9.28. The van der Waals surface area contributed by atoms with Crippen LogP contribution in [0.5, 0.6) is 11.5 Å². The van der Waals surface area contributed by atoms with Crippen LogP contribution in [0.25, 0.3) is 0 Å². The molecule has 21 heavy (non-hydrogen) atoms. The Balaban J connectivity index is 2.15. The predicted octanol–water partition coefficient (Wildman–Crippen LogP) is 3.80. The maximum Gasteiger partial charge on any atom is 0.264 e. The van der Waals surface area contributed by atoms with E-state index in [0.717, 1.165) is 15.1 Å². The molecular weight excluding hydrogens is 354 g/mol. The number of ether oxygens (including phenoxy) is 2. The lowest BCUT2D eigenvalue weighted by molar-refractivity contribution is 0.0789. The summed E-state index contributed by atoms with van der Waals surface area (Å²) in [5, 5.41) is 0. The molecule has 0 aliphatic carbocycles. The Hall–Kier alpha value is -1.53. The fraction of sp³-hybridized carbons (Fsp3) is 0.267. The quantitative estimate of drug-likeness (QED) is 0.804. The maximum atomic E-state index is 12.3. The summed E-state index contributed by atoms with van der Waals surface area (Å²) >= 11 is 4.79. The summed E-state index contributed by atoms with van der Waals surface area (Å²) in [4.78, 5) is 14.7. The molecule has 0 saturated carbocycles. The van der Waals surface area contributed by atoms with Gasteiger partial charge in [-0.05, 0) is 40.2 Å². The number of rotatable bonds is 5. The van der Waals surface area contributed by atoms with E-state index < -0.39 is 0 Å². The largest absolute Gasteiger partial charge is 0.497 e. The Morgan fingerprint density at radius 1 is 1.24 bits per heavy atom. The zero-order chi connectivity index (χ0) is 15.4. The third-order valence-electron chi connectivity index (χ3n) is 3.03. The number of carbonyl (C=O) groups is 1. The van der Waals surface area contributed by atoms with E-state index >= 15 is 0 Å². The summed E-state index contributed by atoms with van der Waals surface area (Å²) in [5.41, 5.74) is 0.935. The average Bonchev–Trinajstić information content (AvgIpc) is 2.93. The maximum absolute atomic E-state index is 12.3. The molecule has 0 aliphatic heterocycles. The number of amides is 1. The number of carbonyl (C=O) groups excluding carboxylic acids is 1. The van der Waals surface area contributed by atoms with Crippen molar-refractivity contribution in [3.63, 3.8) is 0 Å². The smallest absolute Gasteiger partial charge is 0.264 e. The summed E-state index contributed by atoms with van der Waals surface area (Å²) < 4.78 is 11.5. The fourth-order valence-corrected chi connectivity index (χ4v) is 3.31. The highest BCUT2D eigenvalue weighted by Gasteiger charge is 2.16. The van der Waals surface area contributed by atoms with Crippen LogP contribution in [-0.4, -0.2) is 32.1 Å². The molecule has 4 nitrogen and oxygen atoms in total. The van der Waals surface area contributed by atoms with Gasteiger partial charge in [-0.15, -0.1) is 11.3 Å². The average molecular weight is 370 g/mol. The zero-order valence-electron chi connectivity index (χ0n) is 12.1. The second-order valence-corrected chi connectivity index (χ2v) is 6.91. The molecule has 2 rings (SSSR count). The van der Waals surface area contributed by atoms with E-state index in [1.807, 2.05) is 30.3 Å². The van der Waals surface area contributed by atoms with Crippen molar-refractivity contribution in [2.24, 2.45) is 0 Å². The molecule has 112 valence electrons. The normalized spacial score (nSPS) is 10.3. The number of hydrogen-bond acceptors (Lipinski definition) is 4. The zero-order valence-corrected chi connectivity index (χ0v) is 14.5. The Kier molecular flexibility index (Phi) is 5.25. The van der Waals surface area contributed by atoms with Crippen LogP contribution in [0.3, 0.4) is 0 Å². The first-order chi connectivity index (χ1) is 10.0. The van der Waals surface area contributed by atoms with Gasteiger partial charge in [-0.2, -0.15) is 0 Å². The number of halogens is 1. The number of hydrogen-bond donors (Lipinski definition) is 0. The Bertz CT molecular complexity index is 642. The molecule has 1 aromatic carbocycles. The van der Waals surface area contributed by atoms with Crippen LogP contribution >= 0.6 is 27.3 Å². The SMILES string of the molecule is COc1ccc(CN(C)C(=O)c2ccc(Br)s2)c(OC)c1. The van der Waals surface area contributed by atoms with Gasteiger partial charge in [0.1, 0.15) is 11.5 Å². The minimum absolute atomic E-state index is 0.0106. The van der Waals surface area contributed by atoms with E-state index in [1.54, 1.807) is 26.2 Å². The molecule has 0 saturated heterocycles. The molecule has 0 aliphatic rings. The number of benzene rings is 1. The van der Waals surface area contributed by atoms with Crippen molar-refractivity contribution in [3.8, 4) is 11.5 Å². The minimum Gasteiger partial charge on any atom is -0.497 e. The van der Waals surface area contributed by atoms with Gasteiger partial charge in [0.15, 0.2) is 0 Å². The van der Waals surface area contributed by atoms with Gasteiger partial charge in [0, 0.05) is 25.2 Å². The van der Waals surface area contributed by atoms with Crippen LogP contribution in [-0.2, 0) is 6.54 Å². The van der Waals surface area contributed by atoms with Crippen molar-refractivity contribution in [1.82, 2.24) is 4.90 Å². The van der Waals surface area contributed by atoms with Gasteiger partial charge in [-0.25, -0.2) is 0 Å². The molecule has 1 aromatic heterocycles. The topological polar surface area (TPSA) is 38.8 Å². The van der Waals surface area contributed by atoms with Crippen LogP contribution in [0.1, 0.15) is 15.2 Å². The number of nitrogens with zero attached hydrogens (tertiary/aromatic N) is 1. The van der Waals surface area contributed by atoms with Gasteiger partial charge in [0.25, 0.3) is 5.91 Å². The second-order valence-electron chi connectivity index (χ2n) is 4.44. The van der Waals surface area contributed by atoms with E-state index in [4.69, 9.17) is 9.47 Å². The van der Waals surface area contributed by atoms with Crippen LogP contribution in [0.15, 0.2) is 34.1 Å². The van der Waals surface area contributed by atoms with Crippen molar-refractivity contribution in [3.05, 3.63) is 44.6 Å². The number of methoxy groups -OCH3 is 2. The van der Waals surface area contributed by atoms with Gasteiger partial charge < -0.3 is 14.4 Å². The first-order valence-electron chi connectivity index (χ1n) is 6.27. The van der Waals surface area contributed by atoms with Gasteiger partial charge in [0.2, 0.25) is 0 Å². The lowest BCUT2D eigenvalue weighted by atomic mass is 10.1. The third-order valence-corrected chi connectivity index (χ3v) is 4.64. The second kappa shape index (κ2) is 6.95. The fourth-order valence-electron chi connectivity index (χ4n) is 1.93. The molecule has 0 spiro atoms. The summed E-state index contributed by atoms with van der Waals surface area (Å²) in [5.74, 6) is 1.43. The Morgan fingerprint density at radius 2 is 2.00 bits per heavy atom. The van der Waals surface area contributed by atoms with E-state index in [1.165, 1.54) is 11.3 Å². The van der Waals surface area contributed by atoms with Crippen LogP contribution in [0, 0.1) is 0 Å². The molecular formula is C15H16BrNO3S. The van der Waals surface area contributed by atoms with Crippen LogP contribution in [0.4, 0.5) is 0 Å². The molecule has 1 heterocycles. The molecule has 2 aromatic rings. The monoisotopic (exact) mass is 369 g/mol. The van der Waals surface area contributed by atoms with Gasteiger partial charge in [-0.3, -0.25) is 4.79 Å². The van der Waals surface area contributed by atoms with Gasteiger partial charge in [-0.1, -0.05) is 0 Å². The molecule has 0 radical (unpaired) electrons. The molecule has 0 N–H and O–H groups in total. The van der Waals surface area contributed by atoms with E-state index in [9.17, 15) is 4.79 Å². The van der Waals surface area contributed by atoms with Crippen molar-refractivity contribution < 1.29 is 14.3 Å². The van der Waals surface area contributed by atoms with Crippen molar-refractivity contribution in [2.75, 3.05) is 21.3 Å². The molecule has 0 unspecified atom stereocenters. The minimum atomic E-state index is -0.0106. The lowest BCUT2D eigenvalue weighted by Crippen LogP contribution is -2.25. The van der Waals surface area contributed by atoms with Crippen molar-refractivity contribution >= 4 is 33.2 Å².